The summed E-state index contributed by atoms with van der Waals surface area (Å²) in [7, 11) is 0. The van der Waals surface area contributed by atoms with Crippen molar-refractivity contribution in [2.45, 2.75) is 38.0 Å². The standard InChI is InChI=1S/C22H21NO2/c24-21-15-20(18-9-5-2-6-10-18)22(25)23(21)19-13-11-17(12-14-19)16-7-3-1-4-8-16/h2,5-6,9-16H,1,3-4,7-8H2. The van der Waals surface area contributed by atoms with Crippen molar-refractivity contribution in [3.63, 3.8) is 0 Å². The molecular weight excluding hydrogens is 310 g/mol. The molecule has 0 N–H and O–H groups in total. The maximum Gasteiger partial charge on any atom is 0.266 e. The van der Waals surface area contributed by atoms with Crippen molar-refractivity contribution < 1.29 is 9.59 Å². The Morgan fingerprint density at radius 2 is 1.48 bits per heavy atom. The Labute approximate surface area is 148 Å². The summed E-state index contributed by atoms with van der Waals surface area (Å²) in [4.78, 5) is 26.4. The van der Waals surface area contributed by atoms with Gasteiger partial charge in [-0.15, -0.1) is 0 Å². The van der Waals surface area contributed by atoms with E-state index in [0.29, 0.717) is 17.2 Å². The van der Waals surface area contributed by atoms with E-state index in [9.17, 15) is 9.59 Å². The number of rotatable bonds is 3. The topological polar surface area (TPSA) is 37.4 Å². The van der Waals surface area contributed by atoms with Crippen molar-refractivity contribution in [2.24, 2.45) is 0 Å². The minimum atomic E-state index is -0.269. The van der Waals surface area contributed by atoms with Gasteiger partial charge in [0.2, 0.25) is 0 Å². The minimum absolute atomic E-state index is 0.249. The molecule has 25 heavy (non-hydrogen) atoms. The van der Waals surface area contributed by atoms with Gasteiger partial charge in [-0.2, -0.15) is 0 Å². The van der Waals surface area contributed by atoms with Crippen LogP contribution in [0.4, 0.5) is 5.69 Å². The van der Waals surface area contributed by atoms with E-state index in [1.54, 1.807) is 0 Å². The van der Waals surface area contributed by atoms with E-state index in [1.165, 1.54) is 48.6 Å². The summed E-state index contributed by atoms with van der Waals surface area (Å²) in [5, 5.41) is 0. The lowest BCUT2D eigenvalue weighted by atomic mass is 9.84. The van der Waals surface area contributed by atoms with Gasteiger partial charge in [-0.3, -0.25) is 9.59 Å². The molecule has 0 unspecified atom stereocenters. The summed E-state index contributed by atoms with van der Waals surface area (Å²) in [5.74, 6) is 0.0988. The lowest BCUT2D eigenvalue weighted by Crippen LogP contribution is -2.30. The molecule has 1 aliphatic heterocycles. The van der Waals surface area contributed by atoms with E-state index < -0.39 is 0 Å². The van der Waals surface area contributed by atoms with Crippen LogP contribution in [0, 0.1) is 0 Å². The molecule has 2 aromatic rings. The first kappa shape index (κ1) is 15.8. The zero-order chi connectivity index (χ0) is 17.2. The van der Waals surface area contributed by atoms with E-state index in [1.807, 2.05) is 42.5 Å². The summed E-state index contributed by atoms with van der Waals surface area (Å²) in [6.45, 7) is 0. The Morgan fingerprint density at radius 3 is 2.16 bits per heavy atom. The van der Waals surface area contributed by atoms with E-state index in [4.69, 9.17) is 0 Å². The summed E-state index contributed by atoms with van der Waals surface area (Å²) in [6, 6.07) is 17.3. The smallest absolute Gasteiger partial charge is 0.266 e. The van der Waals surface area contributed by atoms with Crippen LogP contribution >= 0.6 is 0 Å². The molecule has 0 spiro atoms. The zero-order valence-corrected chi connectivity index (χ0v) is 14.2. The van der Waals surface area contributed by atoms with E-state index in [0.717, 1.165) is 5.56 Å². The molecule has 4 rings (SSSR count). The van der Waals surface area contributed by atoms with Gasteiger partial charge in [0.1, 0.15) is 0 Å². The van der Waals surface area contributed by atoms with E-state index in [2.05, 4.69) is 12.1 Å². The average molecular weight is 331 g/mol. The second kappa shape index (κ2) is 6.67. The quantitative estimate of drug-likeness (QED) is 0.765. The first-order valence-electron chi connectivity index (χ1n) is 8.99. The first-order chi connectivity index (χ1) is 12.2. The minimum Gasteiger partial charge on any atom is -0.269 e. The van der Waals surface area contributed by atoms with Gasteiger partial charge in [-0.1, -0.05) is 61.7 Å². The number of carbonyl (C=O) groups excluding carboxylic acids is 2. The summed E-state index contributed by atoms with van der Waals surface area (Å²) in [6.07, 6.45) is 7.83. The summed E-state index contributed by atoms with van der Waals surface area (Å²) in [5.41, 5.74) is 3.21. The average Bonchev–Trinajstić information content (AvgIpc) is 2.98. The largest absolute Gasteiger partial charge is 0.269 e. The van der Waals surface area contributed by atoms with Crippen LogP contribution < -0.4 is 4.90 Å². The van der Waals surface area contributed by atoms with E-state index >= 15 is 0 Å². The Hall–Kier alpha value is -2.68. The number of amides is 2. The van der Waals surface area contributed by atoms with Gasteiger partial charge >= 0.3 is 0 Å². The highest BCUT2D eigenvalue weighted by atomic mass is 16.2. The van der Waals surface area contributed by atoms with Gasteiger partial charge in [-0.25, -0.2) is 4.90 Å². The highest BCUT2D eigenvalue weighted by molar-refractivity contribution is 6.43. The third-order valence-corrected chi connectivity index (χ3v) is 5.23. The van der Waals surface area contributed by atoms with Gasteiger partial charge in [0.05, 0.1) is 11.3 Å². The number of benzene rings is 2. The van der Waals surface area contributed by atoms with Crippen molar-refractivity contribution in [3.05, 3.63) is 71.8 Å². The Morgan fingerprint density at radius 1 is 0.800 bits per heavy atom. The van der Waals surface area contributed by atoms with E-state index in [-0.39, 0.29) is 11.8 Å². The van der Waals surface area contributed by atoms with Crippen LogP contribution in [-0.2, 0) is 9.59 Å². The number of carbonyl (C=O) groups is 2. The highest BCUT2D eigenvalue weighted by Crippen LogP contribution is 2.34. The molecule has 2 amide bonds. The van der Waals surface area contributed by atoms with Crippen molar-refractivity contribution in [2.75, 3.05) is 4.90 Å². The van der Waals surface area contributed by atoms with Crippen molar-refractivity contribution in [1.82, 2.24) is 0 Å². The molecule has 0 saturated heterocycles. The number of nitrogens with zero attached hydrogens (tertiary/aromatic N) is 1. The lowest BCUT2D eigenvalue weighted by molar-refractivity contribution is -0.119. The van der Waals surface area contributed by atoms with Crippen molar-refractivity contribution in [3.8, 4) is 0 Å². The van der Waals surface area contributed by atoms with Crippen LogP contribution in [0.3, 0.4) is 0 Å². The number of anilines is 1. The lowest BCUT2D eigenvalue weighted by Gasteiger charge is -2.23. The van der Waals surface area contributed by atoms with Crippen LogP contribution in [0.1, 0.15) is 49.1 Å². The van der Waals surface area contributed by atoms with Gasteiger partial charge < -0.3 is 0 Å². The fraction of sp³-hybridized carbons (Fsp3) is 0.273. The third kappa shape index (κ3) is 3.02. The summed E-state index contributed by atoms with van der Waals surface area (Å²) >= 11 is 0. The Balaban J connectivity index is 1.56. The molecule has 1 aliphatic carbocycles. The van der Waals surface area contributed by atoms with Gasteiger partial charge in [0.25, 0.3) is 11.8 Å². The molecule has 126 valence electrons. The molecule has 0 bridgehead atoms. The molecule has 1 heterocycles. The molecule has 2 aromatic carbocycles. The fourth-order valence-corrected chi connectivity index (χ4v) is 3.87. The number of imide groups is 1. The zero-order valence-electron chi connectivity index (χ0n) is 14.2. The second-order valence-electron chi connectivity index (χ2n) is 6.83. The maximum absolute atomic E-state index is 12.7. The predicted molar refractivity (Wildman–Crippen MR) is 99.2 cm³/mol. The van der Waals surface area contributed by atoms with Crippen LogP contribution in [0.5, 0.6) is 0 Å². The normalized spacial score (nSPS) is 18.6. The predicted octanol–water partition coefficient (Wildman–Crippen LogP) is 4.69. The monoisotopic (exact) mass is 331 g/mol. The molecule has 0 radical (unpaired) electrons. The summed E-state index contributed by atoms with van der Waals surface area (Å²) < 4.78 is 0. The fourth-order valence-electron chi connectivity index (χ4n) is 3.87. The molecule has 0 atom stereocenters. The van der Waals surface area contributed by atoms with Crippen LogP contribution in [-0.4, -0.2) is 11.8 Å². The molecular formula is C22H21NO2. The third-order valence-electron chi connectivity index (χ3n) is 5.23. The van der Waals surface area contributed by atoms with Crippen LogP contribution in [0.15, 0.2) is 60.7 Å². The second-order valence-corrected chi connectivity index (χ2v) is 6.83. The van der Waals surface area contributed by atoms with Crippen LogP contribution in [0.2, 0.25) is 0 Å². The van der Waals surface area contributed by atoms with Crippen molar-refractivity contribution >= 4 is 23.1 Å². The Kier molecular flexibility index (Phi) is 4.22. The molecule has 2 aliphatic rings. The Bertz CT molecular complexity index is 815. The number of hydrogen-bond donors (Lipinski definition) is 0. The molecule has 0 aromatic heterocycles. The van der Waals surface area contributed by atoms with Gasteiger partial charge in [0, 0.05) is 6.08 Å². The first-order valence-corrected chi connectivity index (χ1v) is 8.99. The van der Waals surface area contributed by atoms with Gasteiger partial charge in [-0.05, 0) is 42.0 Å². The van der Waals surface area contributed by atoms with Crippen molar-refractivity contribution in [1.29, 1.82) is 0 Å². The highest BCUT2D eigenvalue weighted by Gasteiger charge is 2.33. The SMILES string of the molecule is O=C1C=C(c2ccccc2)C(=O)N1c1ccc(C2CCCCC2)cc1. The number of hydrogen-bond acceptors (Lipinski definition) is 2. The maximum atomic E-state index is 12.7. The molecule has 3 heteroatoms. The molecule has 1 fully saturated rings. The van der Waals surface area contributed by atoms with Crippen LogP contribution in [0.25, 0.3) is 5.57 Å². The molecule has 1 saturated carbocycles. The molecule has 3 nitrogen and oxygen atoms in total. The van der Waals surface area contributed by atoms with Gasteiger partial charge in [0.15, 0.2) is 0 Å².